The van der Waals surface area contributed by atoms with Crippen LogP contribution in [0.1, 0.15) is 22.4 Å². The predicted octanol–water partition coefficient (Wildman–Crippen LogP) is 7.92. The number of nitrogens with zero attached hydrogens (tertiary/aromatic N) is 6. The van der Waals surface area contributed by atoms with E-state index in [9.17, 15) is 14.3 Å². The Labute approximate surface area is 348 Å². The summed E-state index contributed by atoms with van der Waals surface area (Å²) in [5.74, 6) is -0.360. The summed E-state index contributed by atoms with van der Waals surface area (Å²) >= 11 is 15.9. The van der Waals surface area contributed by atoms with Crippen LogP contribution in [0.15, 0.2) is 67.4 Å². The Kier molecular flexibility index (Phi) is 11.6. The fourth-order valence-corrected chi connectivity index (χ4v) is 8.93. The van der Waals surface area contributed by atoms with Crippen molar-refractivity contribution >= 4 is 50.7 Å². The Balaban J connectivity index is 1.31. The molecule has 3 aliphatic heterocycles. The molecule has 0 saturated carbocycles. The third-order valence-electron chi connectivity index (χ3n) is 10.4. The minimum absolute atomic E-state index is 0.0378. The molecule has 3 aliphatic rings. The van der Waals surface area contributed by atoms with Crippen LogP contribution in [0.4, 0.5) is 4.39 Å². The van der Waals surface area contributed by atoms with Crippen LogP contribution < -0.4 is 18.9 Å². The molecule has 1 unspecified atom stereocenters. The molecule has 16 heteroatoms. The highest BCUT2D eigenvalue weighted by atomic mass is 35.5. The maximum absolute atomic E-state index is 14.3. The van der Waals surface area contributed by atoms with E-state index in [4.69, 9.17) is 42.1 Å². The van der Waals surface area contributed by atoms with Crippen molar-refractivity contribution < 1.29 is 33.2 Å². The maximum atomic E-state index is 14.3. The van der Waals surface area contributed by atoms with E-state index >= 15 is 0 Å². The number of halogens is 3. The monoisotopic (exact) mass is 844 g/mol. The second-order valence-corrected chi connectivity index (χ2v) is 16.1. The molecular weight excluding hydrogens is 806 g/mol. The molecule has 1 N–H and O–H groups in total. The van der Waals surface area contributed by atoms with E-state index in [1.165, 1.54) is 36.1 Å². The molecule has 3 aromatic carbocycles. The summed E-state index contributed by atoms with van der Waals surface area (Å²) in [5.41, 5.74) is 4.47. The Hall–Kier alpha value is -5.12. The number of ether oxygens (including phenoxy) is 4. The van der Waals surface area contributed by atoms with Gasteiger partial charge < -0.3 is 29.0 Å². The number of fused-ring (bicyclic) bond motifs is 7. The first-order chi connectivity index (χ1) is 28.0. The van der Waals surface area contributed by atoms with Crippen LogP contribution in [0.5, 0.6) is 23.1 Å². The smallest absolute Gasteiger partial charge is 0.345 e. The van der Waals surface area contributed by atoms with Gasteiger partial charge in [0.25, 0.3) is 0 Å². The van der Waals surface area contributed by atoms with E-state index in [0.29, 0.717) is 88.0 Å². The van der Waals surface area contributed by atoms with Crippen molar-refractivity contribution in [2.24, 2.45) is 0 Å². The lowest BCUT2D eigenvalue weighted by Gasteiger charge is -2.35. The minimum Gasteiger partial charge on any atom is -0.490 e. The standard InChI is InChI=1S/C42H39Cl2FN6O6S/c1-23-33-24(2)37(44)38(36(23)43)56-30(18-51-14-12-50(3)13-15-51)20-54-29-8-9-31(55-19-28-10-11-46-21-47-28)26(16-29)17-32(42(52)53)57-40-35-34(33)39(58-41(35)49-22-48-40)25-4-6-27(45)7-5-25/h4-11,16,21-22,30,32H,12-15,17-20H2,1-3H3,(H,52,53)/t30?,32-/m1/s1. The van der Waals surface area contributed by atoms with E-state index in [-0.39, 0.29) is 25.5 Å². The summed E-state index contributed by atoms with van der Waals surface area (Å²) < 4.78 is 40.1. The van der Waals surface area contributed by atoms with E-state index in [1.54, 1.807) is 42.6 Å². The van der Waals surface area contributed by atoms with Crippen LogP contribution in [-0.4, -0.2) is 99.4 Å². The first-order valence-electron chi connectivity index (χ1n) is 18.7. The lowest BCUT2D eigenvalue weighted by atomic mass is 9.92. The van der Waals surface area contributed by atoms with E-state index in [0.717, 1.165) is 26.2 Å². The molecule has 1 fully saturated rings. The SMILES string of the molecule is Cc1c(Cl)c2c(Cl)c(C)c1-c1c(-c3ccc(F)cc3)sc3ncnc(c13)O[C@@H](C(=O)O)Cc1cc(ccc1OCc1ccncn1)OCC(CN1CCN(C)CC1)O2. The van der Waals surface area contributed by atoms with Crippen LogP contribution in [0.25, 0.3) is 31.8 Å². The summed E-state index contributed by atoms with van der Waals surface area (Å²) in [4.78, 5) is 36.3. The second kappa shape index (κ2) is 17.0. The van der Waals surface area contributed by atoms with E-state index in [1.807, 2.05) is 13.8 Å². The summed E-state index contributed by atoms with van der Waals surface area (Å²) in [6.45, 7) is 8.03. The van der Waals surface area contributed by atoms with Crippen LogP contribution >= 0.6 is 34.5 Å². The molecule has 0 radical (unpaired) electrons. The summed E-state index contributed by atoms with van der Waals surface area (Å²) in [5, 5.41) is 11.8. The molecule has 58 heavy (non-hydrogen) atoms. The molecule has 9 rings (SSSR count). The Morgan fingerprint density at radius 3 is 2.43 bits per heavy atom. The van der Waals surface area contributed by atoms with Crippen LogP contribution in [0.2, 0.25) is 10.0 Å². The number of hydrogen-bond donors (Lipinski definition) is 1. The zero-order chi connectivity index (χ0) is 40.5. The normalized spacial score (nSPS) is 17.6. The number of thiophene rings is 1. The number of carbonyl (C=O) groups is 1. The largest absolute Gasteiger partial charge is 0.490 e. The van der Waals surface area contributed by atoms with E-state index in [2.05, 4.69) is 36.8 Å². The number of benzene rings is 3. The topological polar surface area (TPSA) is 132 Å². The molecule has 0 amide bonds. The molecular formula is C42H39Cl2FN6O6S. The number of likely N-dealkylation sites (N-methyl/N-ethyl adjacent to an activating group) is 1. The van der Waals surface area contributed by atoms with Crippen LogP contribution in [0, 0.1) is 19.7 Å². The average molecular weight is 846 g/mol. The van der Waals surface area contributed by atoms with Crippen LogP contribution in [-0.2, 0) is 17.8 Å². The van der Waals surface area contributed by atoms with Gasteiger partial charge in [0.2, 0.25) is 12.0 Å². The number of aliphatic carboxylic acids is 1. The van der Waals surface area contributed by atoms with Gasteiger partial charge in [0.15, 0.2) is 5.75 Å². The highest BCUT2D eigenvalue weighted by Crippen LogP contribution is 2.53. The second-order valence-electron chi connectivity index (χ2n) is 14.3. The van der Waals surface area contributed by atoms with Gasteiger partial charge in [-0.3, -0.25) is 4.90 Å². The van der Waals surface area contributed by atoms with Gasteiger partial charge in [-0.25, -0.2) is 29.1 Å². The lowest BCUT2D eigenvalue weighted by molar-refractivity contribution is -0.145. The van der Waals surface area contributed by atoms with Gasteiger partial charge in [-0.05, 0) is 79.5 Å². The van der Waals surface area contributed by atoms with Crippen molar-refractivity contribution in [1.82, 2.24) is 29.7 Å². The molecule has 300 valence electrons. The molecule has 0 spiro atoms. The Morgan fingerprint density at radius 2 is 1.72 bits per heavy atom. The molecule has 6 aromatic rings. The van der Waals surface area contributed by atoms with Gasteiger partial charge in [-0.1, -0.05) is 35.3 Å². The Bertz CT molecular complexity index is 2440. The van der Waals surface area contributed by atoms with Crippen molar-refractivity contribution in [2.45, 2.75) is 39.1 Å². The number of aromatic nitrogens is 4. The highest BCUT2D eigenvalue weighted by molar-refractivity contribution is 7.22. The van der Waals surface area contributed by atoms with Gasteiger partial charge in [0.1, 0.15) is 54.1 Å². The molecule has 6 heterocycles. The summed E-state index contributed by atoms with van der Waals surface area (Å²) in [7, 11) is 2.10. The number of hydrogen-bond acceptors (Lipinski definition) is 12. The van der Waals surface area contributed by atoms with Crippen molar-refractivity contribution in [1.29, 1.82) is 0 Å². The molecule has 3 aromatic heterocycles. The first kappa shape index (κ1) is 39.7. The summed E-state index contributed by atoms with van der Waals surface area (Å²) in [6, 6.07) is 13.1. The minimum atomic E-state index is -1.43. The first-order valence-corrected chi connectivity index (χ1v) is 20.2. The van der Waals surface area contributed by atoms with Gasteiger partial charge in [-0.15, -0.1) is 11.3 Å². The third kappa shape index (κ3) is 8.25. The number of carboxylic acid groups (broad SMARTS) is 1. The third-order valence-corrected chi connectivity index (χ3v) is 12.4. The number of rotatable bonds is 7. The van der Waals surface area contributed by atoms with Crippen molar-refractivity contribution in [3.8, 4) is 44.7 Å². The number of carboxylic acids is 1. The maximum Gasteiger partial charge on any atom is 0.345 e. The molecule has 4 bridgehead atoms. The quantitative estimate of drug-likeness (QED) is 0.168. The fourth-order valence-electron chi connectivity index (χ4n) is 7.27. The number of piperazine rings is 1. The predicted molar refractivity (Wildman–Crippen MR) is 220 cm³/mol. The van der Waals surface area contributed by atoms with Gasteiger partial charge in [0, 0.05) is 61.3 Å². The van der Waals surface area contributed by atoms with Gasteiger partial charge >= 0.3 is 5.97 Å². The summed E-state index contributed by atoms with van der Waals surface area (Å²) in [6.07, 6.45) is 2.32. The Morgan fingerprint density at radius 1 is 0.966 bits per heavy atom. The molecule has 12 nitrogen and oxygen atoms in total. The molecule has 1 saturated heterocycles. The lowest BCUT2D eigenvalue weighted by Crippen LogP contribution is -2.49. The fraction of sp³-hybridized carbons (Fsp3) is 0.310. The molecule has 0 aliphatic carbocycles. The van der Waals surface area contributed by atoms with Gasteiger partial charge in [0.05, 0.1) is 21.1 Å². The zero-order valence-electron chi connectivity index (χ0n) is 31.9. The van der Waals surface area contributed by atoms with Crippen molar-refractivity contribution in [3.05, 3.63) is 106 Å². The zero-order valence-corrected chi connectivity index (χ0v) is 34.2. The van der Waals surface area contributed by atoms with Crippen LogP contribution in [0.3, 0.4) is 0 Å². The average Bonchev–Trinajstić information content (AvgIpc) is 3.61. The highest BCUT2D eigenvalue weighted by Gasteiger charge is 2.32. The van der Waals surface area contributed by atoms with Crippen molar-refractivity contribution in [3.63, 3.8) is 0 Å². The van der Waals surface area contributed by atoms with Crippen molar-refractivity contribution in [2.75, 3.05) is 46.4 Å². The van der Waals surface area contributed by atoms with E-state index < -0.39 is 24.0 Å². The molecule has 2 atom stereocenters. The van der Waals surface area contributed by atoms with Gasteiger partial charge in [-0.2, -0.15) is 0 Å².